The van der Waals surface area contributed by atoms with Gasteiger partial charge in [-0.1, -0.05) is 91.0 Å². The van der Waals surface area contributed by atoms with Gasteiger partial charge in [0.1, 0.15) is 23.0 Å². The van der Waals surface area contributed by atoms with Crippen molar-refractivity contribution in [3.05, 3.63) is 206 Å². The van der Waals surface area contributed by atoms with Crippen molar-refractivity contribution in [1.29, 1.82) is 0 Å². The molecule has 2 unspecified atom stereocenters. The zero-order chi connectivity index (χ0) is 36.3. The lowest BCUT2D eigenvalue weighted by Gasteiger charge is -2.44. The first-order valence-electron chi connectivity index (χ1n) is 18.7. The topological polar surface area (TPSA) is 50.7 Å². The zero-order valence-electron chi connectivity index (χ0n) is 29.7. The highest BCUT2D eigenvalue weighted by Gasteiger charge is 2.48. The van der Waals surface area contributed by atoms with Crippen LogP contribution in [-0.2, 0) is 0 Å². The van der Waals surface area contributed by atoms with Crippen molar-refractivity contribution in [2.24, 2.45) is 11.8 Å². The zero-order valence-corrected chi connectivity index (χ0v) is 29.7. The molecule has 260 valence electrons. The molecule has 7 heteroatoms. The molecule has 4 aliphatic rings. The summed E-state index contributed by atoms with van der Waals surface area (Å²) in [6.45, 7) is -0.101. The highest BCUT2D eigenvalue weighted by molar-refractivity contribution is 6.95. The quantitative estimate of drug-likeness (QED) is 0.160. The summed E-state index contributed by atoms with van der Waals surface area (Å²) in [6.07, 6.45) is 18.7. The number of nitrogens with zero attached hydrogens (tertiary/aromatic N) is 4. The van der Waals surface area contributed by atoms with E-state index in [-0.39, 0.29) is 18.5 Å². The van der Waals surface area contributed by atoms with E-state index in [1.807, 2.05) is 30.9 Å². The lowest BCUT2D eigenvalue weighted by molar-refractivity contribution is 0.411. The number of anilines is 5. The fourth-order valence-electron chi connectivity index (χ4n) is 8.92. The third-order valence-electron chi connectivity index (χ3n) is 11.1. The van der Waals surface area contributed by atoms with Gasteiger partial charge in [-0.05, 0) is 77.0 Å². The molecule has 0 bridgehead atoms. The molecular formula is C48H33BN4O2. The molecule has 55 heavy (non-hydrogen) atoms. The Labute approximate surface area is 319 Å². The summed E-state index contributed by atoms with van der Waals surface area (Å²) in [5, 5.41) is 2.28. The van der Waals surface area contributed by atoms with Crippen molar-refractivity contribution in [2.45, 2.75) is 0 Å². The molecule has 2 aliphatic carbocycles. The van der Waals surface area contributed by atoms with Crippen LogP contribution in [0.5, 0.6) is 17.2 Å². The Morgan fingerprint density at radius 2 is 1.05 bits per heavy atom. The first-order valence-corrected chi connectivity index (χ1v) is 18.7. The highest BCUT2D eigenvalue weighted by atomic mass is 16.5. The van der Waals surface area contributed by atoms with E-state index in [0.29, 0.717) is 0 Å². The van der Waals surface area contributed by atoms with Gasteiger partial charge in [0.05, 0.1) is 5.69 Å². The van der Waals surface area contributed by atoms with E-state index in [2.05, 4.69) is 178 Å². The molecule has 2 aromatic heterocycles. The predicted molar refractivity (Wildman–Crippen MR) is 222 cm³/mol. The van der Waals surface area contributed by atoms with Gasteiger partial charge in [-0.2, -0.15) is 0 Å². The smallest absolute Gasteiger partial charge is 0.257 e. The molecule has 0 N–H and O–H groups in total. The maximum atomic E-state index is 7.00. The monoisotopic (exact) mass is 708 g/mol. The van der Waals surface area contributed by atoms with Crippen LogP contribution in [0.1, 0.15) is 0 Å². The van der Waals surface area contributed by atoms with Crippen LogP contribution < -0.4 is 30.2 Å². The van der Waals surface area contributed by atoms with E-state index in [9.17, 15) is 0 Å². The van der Waals surface area contributed by atoms with Gasteiger partial charge in [0, 0.05) is 88.1 Å². The van der Waals surface area contributed by atoms with Crippen LogP contribution in [0.4, 0.5) is 28.4 Å². The molecule has 0 amide bonds. The molecular weight excluding hydrogens is 675 g/mol. The molecule has 5 aromatic carbocycles. The summed E-state index contributed by atoms with van der Waals surface area (Å²) in [4.78, 5) is 13.3. The van der Waals surface area contributed by atoms with Gasteiger partial charge in [-0.3, -0.25) is 9.97 Å². The summed E-state index contributed by atoms with van der Waals surface area (Å²) in [7, 11) is 0. The van der Waals surface area contributed by atoms with Crippen LogP contribution in [0.25, 0.3) is 10.8 Å². The van der Waals surface area contributed by atoms with Gasteiger partial charge in [-0.15, -0.1) is 0 Å². The molecule has 0 saturated heterocycles. The average molecular weight is 709 g/mol. The molecule has 4 heterocycles. The number of hydrogen-bond donors (Lipinski definition) is 0. The first kappa shape index (κ1) is 31.4. The fourth-order valence-corrected chi connectivity index (χ4v) is 8.92. The van der Waals surface area contributed by atoms with Crippen molar-refractivity contribution >= 4 is 56.8 Å². The maximum absolute atomic E-state index is 7.00. The number of benzene rings is 5. The number of hydrogen-bond acceptors (Lipinski definition) is 6. The minimum absolute atomic E-state index is 0.0290. The lowest BCUT2D eigenvalue weighted by atomic mass is 9.31. The Morgan fingerprint density at radius 3 is 1.75 bits per heavy atom. The van der Waals surface area contributed by atoms with E-state index < -0.39 is 0 Å². The number of pyridine rings is 2. The van der Waals surface area contributed by atoms with E-state index in [0.717, 1.165) is 78.8 Å². The van der Waals surface area contributed by atoms with Gasteiger partial charge in [0.25, 0.3) is 6.71 Å². The second-order valence-corrected chi connectivity index (χ2v) is 14.1. The van der Waals surface area contributed by atoms with Crippen LogP contribution >= 0.6 is 0 Å². The van der Waals surface area contributed by atoms with Crippen LogP contribution in [0.2, 0.25) is 0 Å². The third kappa shape index (κ3) is 5.04. The number of para-hydroxylation sites is 2. The molecule has 6 nitrogen and oxygen atoms in total. The van der Waals surface area contributed by atoms with E-state index in [4.69, 9.17) is 9.47 Å². The van der Waals surface area contributed by atoms with Gasteiger partial charge >= 0.3 is 0 Å². The van der Waals surface area contributed by atoms with E-state index in [1.54, 1.807) is 0 Å². The van der Waals surface area contributed by atoms with Crippen LogP contribution in [0.15, 0.2) is 206 Å². The van der Waals surface area contributed by atoms with Crippen LogP contribution in [0, 0.1) is 11.8 Å². The molecule has 2 aliphatic heterocycles. The number of fused-ring (bicyclic) bond motifs is 7. The van der Waals surface area contributed by atoms with Crippen molar-refractivity contribution < 1.29 is 9.47 Å². The van der Waals surface area contributed by atoms with Crippen molar-refractivity contribution in [3.63, 3.8) is 0 Å². The summed E-state index contributed by atoms with van der Waals surface area (Å²) in [5.41, 5.74) is 9.85. The average Bonchev–Trinajstić information content (AvgIpc) is 3.25. The van der Waals surface area contributed by atoms with Crippen LogP contribution in [0.3, 0.4) is 0 Å². The fraction of sp³-hybridized carbons (Fsp3) is 0.0417. The molecule has 0 spiro atoms. The Morgan fingerprint density at radius 1 is 0.491 bits per heavy atom. The van der Waals surface area contributed by atoms with Gasteiger partial charge in [0.2, 0.25) is 0 Å². The predicted octanol–water partition coefficient (Wildman–Crippen LogP) is 10.1. The van der Waals surface area contributed by atoms with Crippen molar-refractivity contribution in [3.8, 4) is 17.2 Å². The second kappa shape index (κ2) is 12.8. The summed E-state index contributed by atoms with van der Waals surface area (Å²) in [6, 6.07) is 46.5. The number of allylic oxidation sites excluding steroid dienone is 6. The Hall–Kier alpha value is -7.12. The second-order valence-electron chi connectivity index (χ2n) is 14.1. The van der Waals surface area contributed by atoms with Crippen LogP contribution in [-0.4, -0.2) is 16.7 Å². The SMILES string of the molecule is C1=CC2C(N(c3ccccc3)c3ccncc3)=CC3=C(B4c5c(cccc5Oc5cc(N(c6ccccc6)c6ccncc6)c6ccccc6c54)O3)C2C=C1. The normalized spacial score (nSPS) is 17.2. The summed E-state index contributed by atoms with van der Waals surface area (Å²) >= 11 is 0. The highest BCUT2D eigenvalue weighted by Crippen LogP contribution is 2.50. The maximum Gasteiger partial charge on any atom is 0.257 e. The molecule has 7 aromatic rings. The number of rotatable bonds is 6. The minimum Gasteiger partial charge on any atom is -0.459 e. The molecule has 0 saturated carbocycles. The standard InChI is InChI=1S/C48H33BN4O2/c1-3-12-32(13-4-1)52(34-22-26-50-27-23-34)40-30-44-46(38-18-9-7-16-36(38)40)49-47-39-19-10-8-17-37(39)41(31-45(47)55-43-21-11-20-42(54-44)48(43)49)53(33-14-5-2-6-15-33)35-24-28-51-29-25-35/h1-31,36,38H. The Bertz CT molecular complexity index is 2650. The van der Waals surface area contributed by atoms with Gasteiger partial charge in [0.15, 0.2) is 0 Å². The molecule has 0 fully saturated rings. The van der Waals surface area contributed by atoms with Gasteiger partial charge < -0.3 is 19.3 Å². The van der Waals surface area contributed by atoms with E-state index >= 15 is 0 Å². The largest absolute Gasteiger partial charge is 0.459 e. The Balaban J connectivity index is 1.16. The van der Waals surface area contributed by atoms with E-state index in [1.165, 1.54) is 5.47 Å². The van der Waals surface area contributed by atoms with Gasteiger partial charge in [-0.25, -0.2) is 0 Å². The summed E-state index contributed by atoms with van der Waals surface area (Å²) < 4.78 is 14.0. The molecule has 2 atom stereocenters. The number of ether oxygens (including phenoxy) is 2. The third-order valence-corrected chi connectivity index (χ3v) is 11.1. The minimum atomic E-state index is -0.101. The Kier molecular flexibility index (Phi) is 7.30. The summed E-state index contributed by atoms with van der Waals surface area (Å²) in [5.74, 6) is 3.44. The molecule has 0 radical (unpaired) electrons. The first-order chi connectivity index (χ1) is 27.3. The van der Waals surface area contributed by atoms with Crippen molar-refractivity contribution in [1.82, 2.24) is 9.97 Å². The lowest BCUT2D eigenvalue weighted by Crippen LogP contribution is -2.54. The van der Waals surface area contributed by atoms with Crippen molar-refractivity contribution in [2.75, 3.05) is 9.80 Å². The molecule has 11 rings (SSSR count). The number of aromatic nitrogens is 2.